The standard InChI is InChI=1S/C23H28N2O5/c1-14(20(26)24-16-7-5-6-8-16)30-23(29)15-11-12-18-19(13-15)22(28)25(21(18)27)17-9-3-2-4-10-17/h11-14,16-17H,2-10H2,1H3,(H,24,26)/t14-/m0/s1. The Morgan fingerprint density at radius 3 is 2.30 bits per heavy atom. The first-order chi connectivity index (χ1) is 14.5. The first-order valence-corrected chi connectivity index (χ1v) is 11.0. The van der Waals surface area contributed by atoms with Crippen LogP contribution in [0.25, 0.3) is 0 Å². The topological polar surface area (TPSA) is 92.8 Å². The number of nitrogens with one attached hydrogen (secondary N) is 1. The SMILES string of the molecule is C[C@H](OC(=O)c1ccc2c(c1)C(=O)N(C1CCCCC1)C2=O)C(=O)NC1CCCC1. The van der Waals surface area contributed by atoms with Gasteiger partial charge in [-0.2, -0.15) is 0 Å². The molecule has 0 aromatic heterocycles. The highest BCUT2D eigenvalue weighted by molar-refractivity contribution is 6.22. The van der Waals surface area contributed by atoms with Crippen LogP contribution in [0.1, 0.15) is 95.8 Å². The lowest BCUT2D eigenvalue weighted by molar-refractivity contribution is -0.129. The van der Waals surface area contributed by atoms with Gasteiger partial charge in [-0.3, -0.25) is 19.3 Å². The summed E-state index contributed by atoms with van der Waals surface area (Å²) in [7, 11) is 0. The van der Waals surface area contributed by atoms with E-state index in [9.17, 15) is 19.2 Å². The molecule has 1 atom stereocenters. The van der Waals surface area contributed by atoms with Gasteiger partial charge in [-0.15, -0.1) is 0 Å². The molecule has 2 saturated carbocycles. The number of carbonyl (C=O) groups excluding carboxylic acids is 4. The summed E-state index contributed by atoms with van der Waals surface area (Å²) < 4.78 is 5.31. The van der Waals surface area contributed by atoms with Crippen LogP contribution in [0.15, 0.2) is 18.2 Å². The predicted molar refractivity (Wildman–Crippen MR) is 109 cm³/mol. The summed E-state index contributed by atoms with van der Waals surface area (Å²) in [5.74, 6) is -1.62. The van der Waals surface area contributed by atoms with Gasteiger partial charge in [0.15, 0.2) is 6.10 Å². The van der Waals surface area contributed by atoms with E-state index in [0.29, 0.717) is 5.56 Å². The molecule has 0 bridgehead atoms. The molecule has 0 spiro atoms. The number of esters is 1. The lowest BCUT2D eigenvalue weighted by Gasteiger charge is -2.29. The van der Waals surface area contributed by atoms with Crippen molar-refractivity contribution in [3.8, 4) is 0 Å². The Labute approximate surface area is 176 Å². The Bertz CT molecular complexity index is 868. The molecule has 1 heterocycles. The molecule has 7 nitrogen and oxygen atoms in total. The summed E-state index contributed by atoms with van der Waals surface area (Å²) in [5.41, 5.74) is 0.734. The van der Waals surface area contributed by atoms with Crippen molar-refractivity contribution in [3.05, 3.63) is 34.9 Å². The summed E-state index contributed by atoms with van der Waals surface area (Å²) in [4.78, 5) is 51.8. The van der Waals surface area contributed by atoms with Crippen molar-refractivity contribution >= 4 is 23.7 Å². The molecule has 3 amide bonds. The van der Waals surface area contributed by atoms with Gasteiger partial charge in [-0.05, 0) is 50.8 Å². The predicted octanol–water partition coefficient (Wildman–Crippen LogP) is 3.22. The number of ether oxygens (including phenoxy) is 1. The van der Waals surface area contributed by atoms with Gasteiger partial charge >= 0.3 is 5.97 Å². The van der Waals surface area contributed by atoms with E-state index in [1.807, 2.05) is 0 Å². The van der Waals surface area contributed by atoms with Crippen molar-refractivity contribution in [2.24, 2.45) is 0 Å². The molecule has 2 fully saturated rings. The summed E-state index contributed by atoms with van der Waals surface area (Å²) in [6.45, 7) is 1.54. The highest BCUT2D eigenvalue weighted by Crippen LogP contribution is 2.31. The van der Waals surface area contributed by atoms with Gasteiger partial charge in [0.25, 0.3) is 17.7 Å². The van der Waals surface area contributed by atoms with Gasteiger partial charge in [0, 0.05) is 12.1 Å². The number of imide groups is 1. The Morgan fingerprint density at radius 1 is 0.967 bits per heavy atom. The highest BCUT2D eigenvalue weighted by Gasteiger charge is 2.40. The van der Waals surface area contributed by atoms with Crippen LogP contribution in [0, 0.1) is 0 Å². The molecule has 2 aliphatic carbocycles. The molecule has 7 heteroatoms. The first-order valence-electron chi connectivity index (χ1n) is 11.0. The second-order valence-corrected chi connectivity index (χ2v) is 8.57. The second-order valence-electron chi connectivity index (χ2n) is 8.57. The largest absolute Gasteiger partial charge is 0.449 e. The van der Waals surface area contributed by atoms with Gasteiger partial charge in [0.05, 0.1) is 16.7 Å². The van der Waals surface area contributed by atoms with Crippen LogP contribution in [0.5, 0.6) is 0 Å². The maximum atomic E-state index is 12.9. The Kier molecular flexibility index (Phi) is 5.88. The van der Waals surface area contributed by atoms with Crippen LogP contribution in [-0.4, -0.2) is 46.8 Å². The molecule has 0 radical (unpaired) electrons. The van der Waals surface area contributed by atoms with E-state index in [2.05, 4.69) is 5.32 Å². The molecule has 4 rings (SSSR count). The van der Waals surface area contributed by atoms with Gasteiger partial charge in [0.1, 0.15) is 0 Å². The van der Waals surface area contributed by atoms with Crippen LogP contribution in [0.4, 0.5) is 0 Å². The summed E-state index contributed by atoms with van der Waals surface area (Å²) in [5, 5.41) is 2.91. The van der Waals surface area contributed by atoms with E-state index in [-0.39, 0.29) is 40.9 Å². The molecular formula is C23H28N2O5. The van der Waals surface area contributed by atoms with Gasteiger partial charge in [-0.25, -0.2) is 4.79 Å². The molecule has 1 N–H and O–H groups in total. The fraction of sp³-hybridized carbons (Fsp3) is 0.565. The second kappa shape index (κ2) is 8.58. The number of amides is 3. The highest BCUT2D eigenvalue weighted by atomic mass is 16.5. The minimum Gasteiger partial charge on any atom is -0.449 e. The third-order valence-corrected chi connectivity index (χ3v) is 6.45. The monoisotopic (exact) mass is 412 g/mol. The number of hydrogen-bond donors (Lipinski definition) is 1. The molecule has 30 heavy (non-hydrogen) atoms. The Hall–Kier alpha value is -2.70. The average molecular weight is 412 g/mol. The van der Waals surface area contributed by atoms with Gasteiger partial charge in [-0.1, -0.05) is 32.1 Å². The lowest BCUT2D eigenvalue weighted by Crippen LogP contribution is -2.41. The number of carbonyl (C=O) groups is 4. The van der Waals surface area contributed by atoms with Crippen LogP contribution in [-0.2, 0) is 9.53 Å². The molecule has 0 saturated heterocycles. The minimum atomic E-state index is -0.928. The normalized spacial score (nSPS) is 20.9. The first kappa shape index (κ1) is 20.6. The Morgan fingerprint density at radius 2 is 1.60 bits per heavy atom. The van der Waals surface area contributed by atoms with Crippen molar-refractivity contribution in [2.45, 2.75) is 82.9 Å². The van der Waals surface area contributed by atoms with Crippen LogP contribution in [0.3, 0.4) is 0 Å². The third kappa shape index (κ3) is 3.98. The van der Waals surface area contributed by atoms with Crippen molar-refractivity contribution in [3.63, 3.8) is 0 Å². The number of nitrogens with zero attached hydrogens (tertiary/aromatic N) is 1. The quantitative estimate of drug-likeness (QED) is 0.592. The van der Waals surface area contributed by atoms with Crippen LogP contribution in [0.2, 0.25) is 0 Å². The summed E-state index contributed by atoms with van der Waals surface area (Å²) in [6.07, 6.45) is 7.97. The molecule has 1 aliphatic heterocycles. The van der Waals surface area contributed by atoms with Crippen LogP contribution >= 0.6 is 0 Å². The van der Waals surface area contributed by atoms with Crippen molar-refractivity contribution in [1.82, 2.24) is 10.2 Å². The number of fused-ring (bicyclic) bond motifs is 1. The van der Waals surface area contributed by atoms with E-state index in [1.165, 1.54) is 30.0 Å². The zero-order chi connectivity index (χ0) is 21.3. The molecule has 1 aromatic rings. The van der Waals surface area contributed by atoms with Crippen molar-refractivity contribution in [1.29, 1.82) is 0 Å². The number of rotatable bonds is 5. The zero-order valence-electron chi connectivity index (χ0n) is 17.3. The van der Waals surface area contributed by atoms with E-state index < -0.39 is 12.1 Å². The van der Waals surface area contributed by atoms with Gasteiger partial charge < -0.3 is 10.1 Å². The molecule has 3 aliphatic rings. The van der Waals surface area contributed by atoms with Crippen molar-refractivity contribution in [2.75, 3.05) is 0 Å². The van der Waals surface area contributed by atoms with Crippen LogP contribution < -0.4 is 5.32 Å². The summed E-state index contributed by atoms with van der Waals surface area (Å²) in [6, 6.07) is 4.49. The maximum Gasteiger partial charge on any atom is 0.338 e. The number of benzene rings is 1. The van der Waals surface area contributed by atoms with E-state index in [1.54, 1.807) is 0 Å². The minimum absolute atomic E-state index is 0.0687. The Balaban J connectivity index is 1.43. The van der Waals surface area contributed by atoms with E-state index in [4.69, 9.17) is 4.74 Å². The molecule has 160 valence electrons. The van der Waals surface area contributed by atoms with Gasteiger partial charge in [0.2, 0.25) is 0 Å². The molecular weight excluding hydrogens is 384 g/mol. The summed E-state index contributed by atoms with van der Waals surface area (Å²) >= 11 is 0. The smallest absolute Gasteiger partial charge is 0.338 e. The maximum absolute atomic E-state index is 12.9. The lowest BCUT2D eigenvalue weighted by atomic mass is 9.94. The average Bonchev–Trinajstić information content (AvgIpc) is 3.35. The van der Waals surface area contributed by atoms with E-state index >= 15 is 0 Å². The third-order valence-electron chi connectivity index (χ3n) is 6.45. The zero-order valence-corrected chi connectivity index (χ0v) is 17.3. The number of hydrogen-bond acceptors (Lipinski definition) is 5. The van der Waals surface area contributed by atoms with E-state index in [0.717, 1.165) is 57.8 Å². The molecule has 0 unspecified atom stereocenters. The van der Waals surface area contributed by atoms with Crippen molar-refractivity contribution < 1.29 is 23.9 Å². The fourth-order valence-corrected chi connectivity index (χ4v) is 4.73. The fourth-order valence-electron chi connectivity index (χ4n) is 4.73. The molecule has 1 aromatic carbocycles.